The Bertz CT molecular complexity index is 407. The summed E-state index contributed by atoms with van der Waals surface area (Å²) in [7, 11) is 5.50. The number of rotatable bonds is 3. The van der Waals surface area contributed by atoms with Crippen LogP contribution in [0.5, 0.6) is 11.5 Å². The van der Waals surface area contributed by atoms with Crippen molar-refractivity contribution in [3.05, 3.63) is 23.3 Å². The normalized spacial score (nSPS) is 19.9. The predicted molar refractivity (Wildman–Crippen MR) is 67.7 cm³/mol. The smallest absolute Gasteiger partial charge is 0.124 e. The van der Waals surface area contributed by atoms with Gasteiger partial charge in [-0.2, -0.15) is 0 Å². The van der Waals surface area contributed by atoms with Crippen molar-refractivity contribution in [2.45, 2.75) is 12.5 Å². The number of hydrogen-bond donors (Lipinski definition) is 1. The van der Waals surface area contributed by atoms with Crippen molar-refractivity contribution in [3.8, 4) is 11.5 Å². The molecular weight excluding hydrogens is 216 g/mol. The highest BCUT2D eigenvalue weighted by atomic mass is 16.5. The molecule has 1 unspecified atom stereocenters. The fourth-order valence-corrected chi connectivity index (χ4v) is 2.58. The van der Waals surface area contributed by atoms with Crippen molar-refractivity contribution in [3.63, 3.8) is 0 Å². The SMILES string of the molecule is COc1ccc(OC)c2c1CCN(C)C2CN. The third-order valence-corrected chi connectivity index (χ3v) is 3.52. The molecule has 0 amide bonds. The van der Waals surface area contributed by atoms with E-state index in [0.717, 1.165) is 24.5 Å². The topological polar surface area (TPSA) is 47.7 Å². The molecule has 17 heavy (non-hydrogen) atoms. The van der Waals surface area contributed by atoms with E-state index in [9.17, 15) is 0 Å². The minimum atomic E-state index is 0.212. The number of hydrogen-bond acceptors (Lipinski definition) is 4. The van der Waals surface area contributed by atoms with Gasteiger partial charge in [0.05, 0.1) is 20.3 Å². The summed E-state index contributed by atoms with van der Waals surface area (Å²) in [5.41, 5.74) is 8.31. The van der Waals surface area contributed by atoms with Gasteiger partial charge in [-0.05, 0) is 25.6 Å². The molecule has 0 saturated heterocycles. The van der Waals surface area contributed by atoms with Crippen molar-refractivity contribution in [1.29, 1.82) is 0 Å². The highest BCUT2D eigenvalue weighted by Crippen LogP contribution is 2.39. The average molecular weight is 236 g/mol. The zero-order valence-electron chi connectivity index (χ0n) is 10.7. The van der Waals surface area contributed by atoms with Gasteiger partial charge < -0.3 is 15.2 Å². The summed E-state index contributed by atoms with van der Waals surface area (Å²) in [6.07, 6.45) is 0.975. The Balaban J connectivity index is 2.57. The van der Waals surface area contributed by atoms with Gasteiger partial charge in [0.1, 0.15) is 11.5 Å². The van der Waals surface area contributed by atoms with E-state index in [4.69, 9.17) is 15.2 Å². The van der Waals surface area contributed by atoms with Crippen LogP contribution in [0.3, 0.4) is 0 Å². The highest BCUT2D eigenvalue weighted by molar-refractivity contribution is 5.51. The van der Waals surface area contributed by atoms with E-state index in [1.54, 1.807) is 14.2 Å². The van der Waals surface area contributed by atoms with Gasteiger partial charge >= 0.3 is 0 Å². The van der Waals surface area contributed by atoms with Gasteiger partial charge in [0, 0.05) is 24.2 Å². The molecule has 1 atom stereocenters. The molecule has 0 fully saturated rings. The van der Waals surface area contributed by atoms with Crippen LogP contribution >= 0.6 is 0 Å². The summed E-state index contributed by atoms with van der Waals surface area (Å²) >= 11 is 0. The molecule has 4 heteroatoms. The second-order valence-electron chi connectivity index (χ2n) is 4.34. The molecule has 1 aliphatic heterocycles. The lowest BCUT2D eigenvalue weighted by atomic mass is 9.91. The quantitative estimate of drug-likeness (QED) is 0.856. The van der Waals surface area contributed by atoms with Crippen molar-refractivity contribution in [2.75, 3.05) is 34.4 Å². The van der Waals surface area contributed by atoms with Gasteiger partial charge in [-0.3, -0.25) is 4.90 Å². The standard InChI is InChI=1S/C13H20N2O2/c1-15-7-6-9-11(16-2)4-5-12(17-3)13(9)10(15)8-14/h4-5,10H,6-8,14H2,1-3H3. The molecule has 0 aliphatic carbocycles. The fraction of sp³-hybridized carbons (Fsp3) is 0.538. The Morgan fingerprint density at radius 1 is 1.29 bits per heavy atom. The molecule has 1 aliphatic rings. The molecule has 0 saturated carbocycles. The van der Waals surface area contributed by atoms with E-state index >= 15 is 0 Å². The molecule has 0 radical (unpaired) electrons. The third kappa shape index (κ3) is 1.98. The van der Waals surface area contributed by atoms with Crippen molar-refractivity contribution < 1.29 is 9.47 Å². The number of ether oxygens (including phenoxy) is 2. The van der Waals surface area contributed by atoms with Gasteiger partial charge in [0.2, 0.25) is 0 Å². The largest absolute Gasteiger partial charge is 0.496 e. The molecule has 1 aromatic rings. The van der Waals surface area contributed by atoms with Crippen LogP contribution in [0, 0.1) is 0 Å². The van der Waals surface area contributed by atoms with E-state index in [-0.39, 0.29) is 6.04 Å². The average Bonchev–Trinajstić information content (AvgIpc) is 2.37. The van der Waals surface area contributed by atoms with Crippen LogP contribution in [0.4, 0.5) is 0 Å². The number of nitrogens with zero attached hydrogens (tertiary/aromatic N) is 1. The predicted octanol–water partition coefficient (Wildman–Crippen LogP) is 1.19. The van der Waals surface area contributed by atoms with E-state index in [1.807, 2.05) is 12.1 Å². The summed E-state index contributed by atoms with van der Waals surface area (Å²) < 4.78 is 10.9. The Labute approximate surface area is 102 Å². The Hall–Kier alpha value is -1.26. The van der Waals surface area contributed by atoms with E-state index in [0.29, 0.717) is 6.54 Å². The lowest BCUT2D eigenvalue weighted by Gasteiger charge is -2.35. The van der Waals surface area contributed by atoms with Crippen LogP contribution < -0.4 is 15.2 Å². The molecule has 0 spiro atoms. The minimum absolute atomic E-state index is 0.212. The zero-order chi connectivity index (χ0) is 12.4. The van der Waals surface area contributed by atoms with Gasteiger partial charge in [-0.25, -0.2) is 0 Å². The second-order valence-corrected chi connectivity index (χ2v) is 4.34. The summed E-state index contributed by atoms with van der Waals surface area (Å²) in [5.74, 6) is 1.84. The van der Waals surface area contributed by atoms with Crippen LogP contribution in [0.2, 0.25) is 0 Å². The number of nitrogens with two attached hydrogens (primary N) is 1. The molecular formula is C13H20N2O2. The van der Waals surface area contributed by atoms with Gasteiger partial charge in [-0.15, -0.1) is 0 Å². The molecule has 0 bridgehead atoms. The fourth-order valence-electron chi connectivity index (χ4n) is 2.58. The number of benzene rings is 1. The summed E-state index contributed by atoms with van der Waals surface area (Å²) in [4.78, 5) is 2.27. The number of methoxy groups -OCH3 is 2. The highest BCUT2D eigenvalue weighted by Gasteiger charge is 2.29. The van der Waals surface area contributed by atoms with Gasteiger partial charge in [0.15, 0.2) is 0 Å². The second kappa shape index (κ2) is 4.94. The van der Waals surface area contributed by atoms with Crippen LogP contribution in [-0.4, -0.2) is 39.3 Å². The third-order valence-electron chi connectivity index (χ3n) is 3.52. The molecule has 1 heterocycles. The molecule has 2 rings (SSSR count). The Morgan fingerprint density at radius 3 is 2.53 bits per heavy atom. The maximum absolute atomic E-state index is 5.89. The van der Waals surface area contributed by atoms with Crippen LogP contribution in [0.25, 0.3) is 0 Å². The van der Waals surface area contributed by atoms with Crippen LogP contribution in [0.1, 0.15) is 17.2 Å². The first-order chi connectivity index (χ1) is 8.22. The van der Waals surface area contributed by atoms with Crippen molar-refractivity contribution in [1.82, 2.24) is 4.90 Å². The first-order valence-electron chi connectivity index (χ1n) is 5.87. The van der Waals surface area contributed by atoms with Gasteiger partial charge in [0.25, 0.3) is 0 Å². The van der Waals surface area contributed by atoms with Crippen molar-refractivity contribution >= 4 is 0 Å². The molecule has 4 nitrogen and oxygen atoms in total. The maximum Gasteiger partial charge on any atom is 0.124 e. The zero-order valence-corrected chi connectivity index (χ0v) is 10.7. The first-order valence-corrected chi connectivity index (χ1v) is 5.87. The molecule has 0 aromatic heterocycles. The van der Waals surface area contributed by atoms with Crippen LogP contribution in [0.15, 0.2) is 12.1 Å². The maximum atomic E-state index is 5.89. The minimum Gasteiger partial charge on any atom is -0.496 e. The molecule has 1 aromatic carbocycles. The van der Waals surface area contributed by atoms with Crippen molar-refractivity contribution in [2.24, 2.45) is 5.73 Å². The molecule has 94 valence electrons. The first kappa shape index (κ1) is 12.2. The summed E-state index contributed by atoms with van der Waals surface area (Å²) in [6.45, 7) is 1.59. The van der Waals surface area contributed by atoms with Gasteiger partial charge in [-0.1, -0.05) is 0 Å². The lowest BCUT2D eigenvalue weighted by molar-refractivity contribution is 0.226. The molecule has 2 N–H and O–H groups in total. The monoisotopic (exact) mass is 236 g/mol. The lowest BCUT2D eigenvalue weighted by Crippen LogP contribution is -2.36. The van der Waals surface area contributed by atoms with E-state index in [1.165, 1.54) is 11.1 Å². The van der Waals surface area contributed by atoms with E-state index in [2.05, 4.69) is 11.9 Å². The summed E-state index contributed by atoms with van der Waals surface area (Å²) in [6, 6.07) is 4.14. The summed E-state index contributed by atoms with van der Waals surface area (Å²) in [5, 5.41) is 0. The Kier molecular flexibility index (Phi) is 3.54. The van der Waals surface area contributed by atoms with E-state index < -0.39 is 0 Å². The Morgan fingerprint density at radius 2 is 1.94 bits per heavy atom. The van der Waals surface area contributed by atoms with Crippen LogP contribution in [-0.2, 0) is 6.42 Å². The number of likely N-dealkylation sites (N-methyl/N-ethyl adjacent to an activating group) is 1. The number of fused-ring (bicyclic) bond motifs is 1.